The molecule has 2 aromatic rings. The summed E-state index contributed by atoms with van der Waals surface area (Å²) in [6.45, 7) is 0. The minimum Gasteiger partial charge on any atom is -0.294 e. The van der Waals surface area contributed by atoms with E-state index in [2.05, 4.69) is 15.0 Å². The Morgan fingerprint density at radius 3 is 2.67 bits per heavy atom. The second kappa shape index (κ2) is 4.46. The molecule has 0 aliphatic heterocycles. The largest absolute Gasteiger partial charge is 0.294 e. The standard InChI is InChI=1S/C12H11N3/c1-13-9-10-5-4-7-12(15-10)11-6-2-3-8-14-11/h2-9H,1H3/b13-9+. The maximum atomic E-state index is 4.42. The van der Waals surface area contributed by atoms with Crippen molar-refractivity contribution in [2.24, 2.45) is 4.99 Å². The van der Waals surface area contributed by atoms with Gasteiger partial charge in [0, 0.05) is 19.5 Å². The van der Waals surface area contributed by atoms with Crippen molar-refractivity contribution in [1.29, 1.82) is 0 Å². The molecule has 0 bridgehead atoms. The Labute approximate surface area is 88.6 Å². The summed E-state index contributed by atoms with van der Waals surface area (Å²) in [5, 5.41) is 0. The minimum atomic E-state index is 0.848. The van der Waals surface area contributed by atoms with Crippen LogP contribution in [-0.2, 0) is 0 Å². The molecule has 0 amide bonds. The number of aliphatic imine (C=N–C) groups is 1. The minimum absolute atomic E-state index is 0.848. The van der Waals surface area contributed by atoms with Crippen LogP contribution in [-0.4, -0.2) is 23.2 Å². The van der Waals surface area contributed by atoms with E-state index in [9.17, 15) is 0 Å². The highest BCUT2D eigenvalue weighted by Gasteiger charge is 1.99. The van der Waals surface area contributed by atoms with Gasteiger partial charge in [-0.2, -0.15) is 0 Å². The lowest BCUT2D eigenvalue weighted by Crippen LogP contribution is -1.91. The normalized spacial score (nSPS) is 10.7. The molecular formula is C12H11N3. The second-order valence-electron chi connectivity index (χ2n) is 3.05. The van der Waals surface area contributed by atoms with Gasteiger partial charge in [-0.05, 0) is 24.3 Å². The van der Waals surface area contributed by atoms with Crippen molar-refractivity contribution >= 4 is 6.21 Å². The molecule has 15 heavy (non-hydrogen) atoms. The van der Waals surface area contributed by atoms with Gasteiger partial charge in [0.25, 0.3) is 0 Å². The summed E-state index contributed by atoms with van der Waals surface area (Å²) in [6.07, 6.45) is 3.49. The van der Waals surface area contributed by atoms with Gasteiger partial charge >= 0.3 is 0 Å². The predicted octanol–water partition coefficient (Wildman–Crippen LogP) is 2.19. The van der Waals surface area contributed by atoms with Crippen LogP contribution in [0.25, 0.3) is 11.4 Å². The first-order valence-electron chi connectivity index (χ1n) is 4.71. The lowest BCUT2D eigenvalue weighted by Gasteiger charge is -1.99. The van der Waals surface area contributed by atoms with E-state index < -0.39 is 0 Å². The Balaban J connectivity index is 2.41. The van der Waals surface area contributed by atoms with E-state index >= 15 is 0 Å². The van der Waals surface area contributed by atoms with Gasteiger partial charge in [0.05, 0.1) is 17.1 Å². The third-order valence-corrected chi connectivity index (χ3v) is 1.96. The third-order valence-electron chi connectivity index (χ3n) is 1.96. The number of hydrogen-bond donors (Lipinski definition) is 0. The Bertz CT molecular complexity index is 463. The van der Waals surface area contributed by atoms with Crippen LogP contribution in [0.1, 0.15) is 5.69 Å². The Morgan fingerprint density at radius 2 is 1.93 bits per heavy atom. The molecule has 2 heterocycles. The summed E-state index contributed by atoms with van der Waals surface area (Å²) in [7, 11) is 1.73. The summed E-state index contributed by atoms with van der Waals surface area (Å²) in [5.74, 6) is 0. The van der Waals surface area contributed by atoms with E-state index in [1.165, 1.54) is 0 Å². The number of pyridine rings is 2. The van der Waals surface area contributed by atoms with Crippen molar-refractivity contribution in [3.8, 4) is 11.4 Å². The van der Waals surface area contributed by atoms with E-state index in [1.807, 2.05) is 36.4 Å². The molecule has 0 radical (unpaired) electrons. The van der Waals surface area contributed by atoms with E-state index in [1.54, 1.807) is 19.5 Å². The van der Waals surface area contributed by atoms with Gasteiger partial charge in [-0.1, -0.05) is 12.1 Å². The van der Waals surface area contributed by atoms with Gasteiger partial charge in [0.15, 0.2) is 0 Å². The van der Waals surface area contributed by atoms with Crippen molar-refractivity contribution in [2.45, 2.75) is 0 Å². The van der Waals surface area contributed by atoms with E-state index in [0.29, 0.717) is 0 Å². The third kappa shape index (κ3) is 2.26. The molecule has 0 saturated carbocycles. The average molecular weight is 197 g/mol. The van der Waals surface area contributed by atoms with Crippen LogP contribution < -0.4 is 0 Å². The lowest BCUT2D eigenvalue weighted by molar-refractivity contribution is 1.23. The van der Waals surface area contributed by atoms with E-state index in [0.717, 1.165) is 17.1 Å². The summed E-state index contributed by atoms with van der Waals surface area (Å²) in [5.41, 5.74) is 2.59. The van der Waals surface area contributed by atoms with Crippen LogP contribution in [0.2, 0.25) is 0 Å². The summed E-state index contributed by atoms with van der Waals surface area (Å²) in [6, 6.07) is 11.6. The molecule has 0 fully saturated rings. The zero-order valence-electron chi connectivity index (χ0n) is 8.46. The monoisotopic (exact) mass is 197 g/mol. The van der Waals surface area contributed by atoms with Crippen molar-refractivity contribution in [2.75, 3.05) is 7.05 Å². The molecule has 2 aromatic heterocycles. The molecular weight excluding hydrogens is 186 g/mol. The smallest absolute Gasteiger partial charge is 0.0894 e. The van der Waals surface area contributed by atoms with Crippen molar-refractivity contribution in [3.05, 3.63) is 48.3 Å². The Kier molecular flexibility index (Phi) is 2.83. The molecule has 0 spiro atoms. The quantitative estimate of drug-likeness (QED) is 0.692. The number of hydrogen-bond acceptors (Lipinski definition) is 3. The molecule has 74 valence electrons. The van der Waals surface area contributed by atoms with Gasteiger partial charge in [-0.25, -0.2) is 4.98 Å². The van der Waals surface area contributed by atoms with Crippen LogP contribution in [0.5, 0.6) is 0 Å². The maximum Gasteiger partial charge on any atom is 0.0894 e. The predicted molar refractivity (Wildman–Crippen MR) is 61.0 cm³/mol. The first-order valence-corrected chi connectivity index (χ1v) is 4.71. The maximum absolute atomic E-state index is 4.42. The molecule has 0 aliphatic carbocycles. The SMILES string of the molecule is C/N=C/c1cccc(-c2ccccn2)n1. The Hall–Kier alpha value is -2.03. The number of rotatable bonds is 2. The first-order chi connectivity index (χ1) is 7.40. The van der Waals surface area contributed by atoms with E-state index in [4.69, 9.17) is 0 Å². The van der Waals surface area contributed by atoms with Gasteiger partial charge in [0.2, 0.25) is 0 Å². The summed E-state index contributed by atoms with van der Waals surface area (Å²) >= 11 is 0. The summed E-state index contributed by atoms with van der Waals surface area (Å²) < 4.78 is 0. The molecule has 3 nitrogen and oxygen atoms in total. The molecule has 3 heteroatoms. The molecule has 0 saturated heterocycles. The fourth-order valence-corrected chi connectivity index (χ4v) is 1.31. The summed E-state index contributed by atoms with van der Waals surface area (Å²) in [4.78, 5) is 12.6. The van der Waals surface area contributed by atoms with Crippen LogP contribution in [0.4, 0.5) is 0 Å². The van der Waals surface area contributed by atoms with Gasteiger partial charge in [-0.15, -0.1) is 0 Å². The highest BCUT2D eigenvalue weighted by atomic mass is 14.8. The molecule has 2 rings (SSSR count). The zero-order chi connectivity index (χ0) is 10.5. The van der Waals surface area contributed by atoms with Gasteiger partial charge < -0.3 is 0 Å². The van der Waals surface area contributed by atoms with E-state index in [-0.39, 0.29) is 0 Å². The fraction of sp³-hybridized carbons (Fsp3) is 0.0833. The van der Waals surface area contributed by atoms with Crippen LogP contribution in [0, 0.1) is 0 Å². The van der Waals surface area contributed by atoms with Crippen LogP contribution in [0.15, 0.2) is 47.6 Å². The molecule has 0 aromatic carbocycles. The first kappa shape index (κ1) is 9.52. The van der Waals surface area contributed by atoms with Crippen LogP contribution >= 0.6 is 0 Å². The molecule has 0 atom stereocenters. The van der Waals surface area contributed by atoms with Crippen molar-refractivity contribution in [1.82, 2.24) is 9.97 Å². The Morgan fingerprint density at radius 1 is 1.07 bits per heavy atom. The number of nitrogens with zero attached hydrogens (tertiary/aromatic N) is 3. The second-order valence-corrected chi connectivity index (χ2v) is 3.05. The zero-order valence-corrected chi connectivity index (χ0v) is 8.46. The highest BCUT2D eigenvalue weighted by molar-refractivity contribution is 5.77. The number of aromatic nitrogens is 2. The van der Waals surface area contributed by atoms with Crippen LogP contribution in [0.3, 0.4) is 0 Å². The lowest BCUT2D eigenvalue weighted by atomic mass is 10.2. The van der Waals surface area contributed by atoms with Gasteiger partial charge in [-0.3, -0.25) is 9.98 Å². The molecule has 0 N–H and O–H groups in total. The highest BCUT2D eigenvalue weighted by Crippen LogP contribution is 2.12. The molecule has 0 unspecified atom stereocenters. The van der Waals surface area contributed by atoms with Gasteiger partial charge in [0.1, 0.15) is 0 Å². The topological polar surface area (TPSA) is 38.1 Å². The fourth-order valence-electron chi connectivity index (χ4n) is 1.31. The van der Waals surface area contributed by atoms with Crippen molar-refractivity contribution in [3.63, 3.8) is 0 Å². The molecule has 0 aliphatic rings. The van der Waals surface area contributed by atoms with Crippen molar-refractivity contribution < 1.29 is 0 Å². The average Bonchev–Trinajstić information content (AvgIpc) is 2.31.